The molecule has 0 radical (unpaired) electrons. The first-order chi connectivity index (χ1) is 8.13. The smallest absolute Gasteiger partial charge is 0.166 e. The highest BCUT2D eigenvalue weighted by Crippen LogP contribution is 2.21. The SMILES string of the molecule is Cc1ccc(C(C)n2cccc2C=O)cc1F. The van der Waals surface area contributed by atoms with Crippen molar-refractivity contribution in [2.75, 3.05) is 0 Å². The highest BCUT2D eigenvalue weighted by Gasteiger charge is 2.11. The van der Waals surface area contributed by atoms with Gasteiger partial charge in [0.25, 0.3) is 0 Å². The van der Waals surface area contributed by atoms with Crippen LogP contribution >= 0.6 is 0 Å². The third-order valence-corrected chi connectivity index (χ3v) is 3.03. The summed E-state index contributed by atoms with van der Waals surface area (Å²) < 4.78 is 15.3. The number of benzene rings is 1. The van der Waals surface area contributed by atoms with E-state index in [-0.39, 0.29) is 11.9 Å². The average molecular weight is 231 g/mol. The minimum atomic E-state index is -0.214. The normalized spacial score (nSPS) is 12.4. The van der Waals surface area contributed by atoms with Gasteiger partial charge >= 0.3 is 0 Å². The maximum Gasteiger partial charge on any atom is 0.166 e. The highest BCUT2D eigenvalue weighted by molar-refractivity contribution is 5.72. The van der Waals surface area contributed by atoms with Crippen molar-refractivity contribution >= 4 is 6.29 Å². The van der Waals surface area contributed by atoms with Crippen LogP contribution in [0.2, 0.25) is 0 Å². The van der Waals surface area contributed by atoms with Gasteiger partial charge in [-0.05, 0) is 43.2 Å². The number of halogens is 1. The van der Waals surface area contributed by atoms with Crippen LogP contribution in [0.1, 0.15) is 34.6 Å². The van der Waals surface area contributed by atoms with E-state index in [2.05, 4.69) is 0 Å². The fourth-order valence-corrected chi connectivity index (χ4v) is 1.89. The lowest BCUT2D eigenvalue weighted by molar-refractivity contribution is 0.111. The van der Waals surface area contributed by atoms with Gasteiger partial charge in [0.15, 0.2) is 6.29 Å². The number of rotatable bonds is 3. The van der Waals surface area contributed by atoms with Gasteiger partial charge in [0, 0.05) is 6.20 Å². The van der Waals surface area contributed by atoms with Gasteiger partial charge < -0.3 is 4.57 Å². The number of hydrogen-bond acceptors (Lipinski definition) is 1. The van der Waals surface area contributed by atoms with Crippen molar-refractivity contribution in [1.82, 2.24) is 4.57 Å². The van der Waals surface area contributed by atoms with Gasteiger partial charge in [-0.3, -0.25) is 4.79 Å². The number of aldehydes is 1. The molecule has 2 nitrogen and oxygen atoms in total. The van der Waals surface area contributed by atoms with Gasteiger partial charge in [0.2, 0.25) is 0 Å². The van der Waals surface area contributed by atoms with Crippen LogP contribution in [-0.4, -0.2) is 10.9 Å². The molecule has 1 atom stereocenters. The van der Waals surface area contributed by atoms with Crippen molar-refractivity contribution in [3.8, 4) is 0 Å². The summed E-state index contributed by atoms with van der Waals surface area (Å²) >= 11 is 0. The molecule has 0 spiro atoms. The molecular formula is C14H14FNO. The molecule has 0 fully saturated rings. The van der Waals surface area contributed by atoms with Gasteiger partial charge in [0.1, 0.15) is 5.82 Å². The second-order valence-corrected chi connectivity index (χ2v) is 4.14. The van der Waals surface area contributed by atoms with Crippen LogP contribution in [-0.2, 0) is 0 Å². The van der Waals surface area contributed by atoms with Crippen LogP contribution in [0.4, 0.5) is 4.39 Å². The van der Waals surface area contributed by atoms with Crippen molar-refractivity contribution < 1.29 is 9.18 Å². The molecule has 0 bridgehead atoms. The Kier molecular flexibility index (Phi) is 3.09. The Morgan fingerprint density at radius 2 is 2.12 bits per heavy atom. The monoisotopic (exact) mass is 231 g/mol. The number of nitrogens with zero attached hydrogens (tertiary/aromatic N) is 1. The Morgan fingerprint density at radius 3 is 2.76 bits per heavy atom. The van der Waals surface area contributed by atoms with E-state index in [1.54, 1.807) is 19.1 Å². The van der Waals surface area contributed by atoms with Gasteiger partial charge in [-0.25, -0.2) is 4.39 Å². The van der Waals surface area contributed by atoms with Crippen LogP contribution in [0.5, 0.6) is 0 Å². The summed E-state index contributed by atoms with van der Waals surface area (Å²) in [5.41, 5.74) is 2.08. The molecular weight excluding hydrogens is 217 g/mol. The minimum absolute atomic E-state index is 0.0553. The van der Waals surface area contributed by atoms with Crippen LogP contribution in [0.25, 0.3) is 0 Å². The molecule has 2 rings (SSSR count). The van der Waals surface area contributed by atoms with Crippen molar-refractivity contribution in [2.24, 2.45) is 0 Å². The lowest BCUT2D eigenvalue weighted by atomic mass is 10.1. The number of carbonyl (C=O) groups is 1. The molecule has 1 aromatic heterocycles. The first kappa shape index (κ1) is 11.6. The van der Waals surface area contributed by atoms with Crippen molar-refractivity contribution in [2.45, 2.75) is 19.9 Å². The number of aryl methyl sites for hydroxylation is 1. The summed E-state index contributed by atoms with van der Waals surface area (Å²) in [6, 6.07) is 8.66. The topological polar surface area (TPSA) is 22.0 Å². The van der Waals surface area contributed by atoms with E-state index >= 15 is 0 Å². The quantitative estimate of drug-likeness (QED) is 0.742. The molecule has 2 aromatic rings. The Hall–Kier alpha value is -1.90. The molecule has 1 heterocycles. The Balaban J connectivity index is 2.40. The van der Waals surface area contributed by atoms with E-state index in [4.69, 9.17) is 0 Å². The summed E-state index contributed by atoms with van der Waals surface area (Å²) in [4.78, 5) is 10.9. The molecule has 0 saturated carbocycles. The summed E-state index contributed by atoms with van der Waals surface area (Å²) in [7, 11) is 0. The summed E-state index contributed by atoms with van der Waals surface area (Å²) in [5, 5.41) is 0. The number of hydrogen-bond donors (Lipinski definition) is 0. The zero-order chi connectivity index (χ0) is 12.4. The second-order valence-electron chi connectivity index (χ2n) is 4.14. The minimum Gasteiger partial charge on any atom is -0.338 e. The van der Waals surface area contributed by atoms with Crippen molar-refractivity contribution in [3.63, 3.8) is 0 Å². The van der Waals surface area contributed by atoms with Crippen LogP contribution < -0.4 is 0 Å². The molecule has 0 aliphatic carbocycles. The highest BCUT2D eigenvalue weighted by atomic mass is 19.1. The standard InChI is InChI=1S/C14H14FNO/c1-10-5-6-12(8-14(10)15)11(2)16-7-3-4-13(16)9-17/h3-9,11H,1-2H3. The van der Waals surface area contributed by atoms with E-state index in [0.717, 1.165) is 11.8 Å². The van der Waals surface area contributed by atoms with Crippen LogP contribution in [0.3, 0.4) is 0 Å². The molecule has 88 valence electrons. The fraction of sp³-hybridized carbons (Fsp3) is 0.214. The molecule has 1 aromatic carbocycles. The van der Waals surface area contributed by atoms with Gasteiger partial charge in [-0.15, -0.1) is 0 Å². The second kappa shape index (κ2) is 4.53. The largest absolute Gasteiger partial charge is 0.338 e. The number of aromatic nitrogens is 1. The summed E-state index contributed by atoms with van der Waals surface area (Å²) in [5.74, 6) is -0.214. The zero-order valence-corrected chi connectivity index (χ0v) is 9.85. The van der Waals surface area contributed by atoms with E-state index in [9.17, 15) is 9.18 Å². The average Bonchev–Trinajstić information content (AvgIpc) is 2.80. The van der Waals surface area contributed by atoms with Gasteiger partial charge in [0.05, 0.1) is 11.7 Å². The first-order valence-electron chi connectivity index (χ1n) is 5.51. The van der Waals surface area contributed by atoms with E-state index in [1.165, 1.54) is 6.07 Å². The summed E-state index contributed by atoms with van der Waals surface area (Å²) in [6.45, 7) is 3.67. The Morgan fingerprint density at radius 1 is 1.35 bits per heavy atom. The molecule has 3 heteroatoms. The fourth-order valence-electron chi connectivity index (χ4n) is 1.89. The van der Waals surface area contributed by atoms with E-state index < -0.39 is 0 Å². The summed E-state index contributed by atoms with van der Waals surface area (Å²) in [6.07, 6.45) is 2.63. The molecule has 0 aliphatic heterocycles. The molecule has 0 N–H and O–H groups in total. The molecule has 0 saturated heterocycles. The zero-order valence-electron chi connectivity index (χ0n) is 9.85. The number of carbonyl (C=O) groups excluding carboxylic acids is 1. The van der Waals surface area contributed by atoms with E-state index in [0.29, 0.717) is 11.3 Å². The third-order valence-electron chi connectivity index (χ3n) is 3.03. The lowest BCUT2D eigenvalue weighted by Gasteiger charge is -2.16. The van der Waals surface area contributed by atoms with Crippen LogP contribution in [0.15, 0.2) is 36.5 Å². The predicted molar refractivity (Wildman–Crippen MR) is 64.8 cm³/mol. The molecule has 0 aliphatic rings. The lowest BCUT2D eigenvalue weighted by Crippen LogP contribution is -2.09. The van der Waals surface area contributed by atoms with Gasteiger partial charge in [-0.2, -0.15) is 0 Å². The maximum atomic E-state index is 13.5. The first-order valence-corrected chi connectivity index (χ1v) is 5.51. The molecule has 17 heavy (non-hydrogen) atoms. The van der Waals surface area contributed by atoms with Crippen LogP contribution in [0, 0.1) is 12.7 Å². The van der Waals surface area contributed by atoms with Gasteiger partial charge in [-0.1, -0.05) is 12.1 Å². The van der Waals surface area contributed by atoms with E-state index in [1.807, 2.05) is 29.8 Å². The van der Waals surface area contributed by atoms with Crippen molar-refractivity contribution in [1.29, 1.82) is 0 Å². The Labute approximate surface area is 99.7 Å². The van der Waals surface area contributed by atoms with Crippen molar-refractivity contribution in [3.05, 3.63) is 59.2 Å². The third kappa shape index (κ3) is 2.13. The Bertz CT molecular complexity index is 545. The maximum absolute atomic E-state index is 13.5. The predicted octanol–water partition coefficient (Wildman–Crippen LogP) is 3.36. The molecule has 1 unspecified atom stereocenters. The molecule has 0 amide bonds.